The average Bonchev–Trinajstić information content (AvgIpc) is 2.21. The number of halogens is 1. The molecule has 5 nitrogen and oxygen atoms in total. The molecule has 1 aliphatic rings. The van der Waals surface area contributed by atoms with Gasteiger partial charge < -0.3 is 10.2 Å². The number of nitrogens with zero attached hydrogens (tertiary/aromatic N) is 3. The second kappa shape index (κ2) is 3.66. The van der Waals surface area contributed by atoms with Gasteiger partial charge in [-0.05, 0) is 25.4 Å². The molecule has 6 heteroatoms. The van der Waals surface area contributed by atoms with E-state index in [9.17, 15) is 4.79 Å². The van der Waals surface area contributed by atoms with Crippen molar-refractivity contribution >= 4 is 29.0 Å². The summed E-state index contributed by atoms with van der Waals surface area (Å²) in [6.45, 7) is 4.50. The van der Waals surface area contributed by atoms with E-state index in [1.807, 2.05) is 18.7 Å². The Morgan fingerprint density at radius 2 is 2.40 bits per heavy atom. The number of hydrogen-bond donors (Lipinski definition) is 1. The highest BCUT2D eigenvalue weighted by Crippen LogP contribution is 2.29. The van der Waals surface area contributed by atoms with Gasteiger partial charge in [0.15, 0.2) is 5.82 Å². The lowest BCUT2D eigenvalue weighted by Crippen LogP contribution is -2.46. The van der Waals surface area contributed by atoms with E-state index >= 15 is 0 Å². The fraction of sp³-hybridized carbons (Fsp3) is 0.444. The van der Waals surface area contributed by atoms with Gasteiger partial charge in [-0.2, -0.15) is 4.98 Å². The summed E-state index contributed by atoms with van der Waals surface area (Å²) in [7, 11) is 0. The second-order valence-electron chi connectivity index (χ2n) is 3.33. The summed E-state index contributed by atoms with van der Waals surface area (Å²) in [5, 5.41) is 2.93. The highest BCUT2D eigenvalue weighted by molar-refractivity contribution is 6.28. The van der Waals surface area contributed by atoms with E-state index in [1.54, 1.807) is 0 Å². The Morgan fingerprint density at radius 1 is 1.67 bits per heavy atom. The first kappa shape index (κ1) is 10.2. The molecule has 1 atom stereocenters. The Hall–Kier alpha value is -1.36. The SMILES string of the molecule is CCN1c2nc(Cl)ncc2NC(=O)[C@H]1C. The van der Waals surface area contributed by atoms with Crippen LogP contribution in [0.25, 0.3) is 0 Å². The summed E-state index contributed by atoms with van der Waals surface area (Å²) in [5.74, 6) is 0.639. The van der Waals surface area contributed by atoms with Gasteiger partial charge in [0, 0.05) is 6.54 Å². The normalized spacial score (nSPS) is 19.8. The standard InChI is InChI=1S/C9H11ClN4O/c1-3-14-5(2)8(15)12-6-4-11-9(10)13-7(6)14/h4-5H,3H2,1-2H3,(H,12,15)/t5-/m1/s1. The maximum absolute atomic E-state index is 11.6. The monoisotopic (exact) mass is 226 g/mol. The van der Waals surface area contributed by atoms with E-state index in [0.29, 0.717) is 18.1 Å². The minimum Gasteiger partial charge on any atom is -0.343 e. The van der Waals surface area contributed by atoms with Crippen LogP contribution >= 0.6 is 11.6 Å². The zero-order valence-electron chi connectivity index (χ0n) is 8.49. The highest BCUT2D eigenvalue weighted by atomic mass is 35.5. The van der Waals surface area contributed by atoms with E-state index < -0.39 is 0 Å². The first-order chi connectivity index (χ1) is 7.13. The van der Waals surface area contributed by atoms with Gasteiger partial charge in [-0.15, -0.1) is 0 Å². The number of fused-ring (bicyclic) bond motifs is 1. The van der Waals surface area contributed by atoms with Crippen LogP contribution in [0.3, 0.4) is 0 Å². The Balaban J connectivity index is 2.50. The van der Waals surface area contributed by atoms with E-state index in [1.165, 1.54) is 6.20 Å². The van der Waals surface area contributed by atoms with Gasteiger partial charge in [0.1, 0.15) is 11.7 Å². The largest absolute Gasteiger partial charge is 0.343 e. The number of aromatic nitrogens is 2. The Bertz CT molecular complexity index is 409. The van der Waals surface area contributed by atoms with Gasteiger partial charge in [-0.25, -0.2) is 4.98 Å². The molecule has 0 aromatic carbocycles. The minimum absolute atomic E-state index is 0.0460. The van der Waals surface area contributed by atoms with E-state index in [-0.39, 0.29) is 17.2 Å². The molecule has 15 heavy (non-hydrogen) atoms. The quantitative estimate of drug-likeness (QED) is 0.734. The van der Waals surface area contributed by atoms with Crippen molar-refractivity contribution in [1.82, 2.24) is 9.97 Å². The number of rotatable bonds is 1. The zero-order valence-corrected chi connectivity index (χ0v) is 9.25. The minimum atomic E-state index is -0.228. The van der Waals surface area contributed by atoms with Gasteiger partial charge in [-0.3, -0.25) is 4.79 Å². The van der Waals surface area contributed by atoms with Crippen LogP contribution in [-0.4, -0.2) is 28.5 Å². The molecule has 0 saturated carbocycles. The third-order valence-electron chi connectivity index (χ3n) is 2.46. The molecule has 2 heterocycles. The van der Waals surface area contributed by atoms with Crippen molar-refractivity contribution < 1.29 is 4.79 Å². The summed E-state index contributed by atoms with van der Waals surface area (Å²) < 4.78 is 0. The molecule has 1 aromatic heterocycles. The maximum Gasteiger partial charge on any atom is 0.246 e. The third-order valence-corrected chi connectivity index (χ3v) is 2.64. The number of hydrogen-bond acceptors (Lipinski definition) is 4. The van der Waals surface area contributed by atoms with Gasteiger partial charge in [0.05, 0.1) is 6.20 Å². The van der Waals surface area contributed by atoms with Gasteiger partial charge >= 0.3 is 0 Å². The summed E-state index contributed by atoms with van der Waals surface area (Å²) >= 11 is 5.72. The molecule has 1 N–H and O–H groups in total. The number of carbonyl (C=O) groups is 1. The number of amides is 1. The summed E-state index contributed by atoms with van der Waals surface area (Å²) in [5.41, 5.74) is 0.615. The van der Waals surface area contributed by atoms with E-state index in [4.69, 9.17) is 11.6 Å². The van der Waals surface area contributed by atoms with Crippen molar-refractivity contribution in [2.75, 3.05) is 16.8 Å². The third kappa shape index (κ3) is 1.63. The van der Waals surface area contributed by atoms with Crippen LogP contribution < -0.4 is 10.2 Å². The molecule has 80 valence electrons. The molecule has 1 aromatic rings. The molecular weight excluding hydrogens is 216 g/mol. The van der Waals surface area contributed by atoms with Gasteiger partial charge in [0.2, 0.25) is 11.2 Å². The van der Waals surface area contributed by atoms with Crippen LogP contribution in [0.5, 0.6) is 0 Å². The first-order valence-corrected chi connectivity index (χ1v) is 5.11. The molecular formula is C9H11ClN4O. The summed E-state index contributed by atoms with van der Waals surface area (Å²) in [6.07, 6.45) is 1.52. The molecule has 0 saturated heterocycles. The van der Waals surface area contributed by atoms with Crippen LogP contribution in [0, 0.1) is 0 Å². The van der Waals surface area contributed by atoms with E-state index in [0.717, 1.165) is 0 Å². The smallest absolute Gasteiger partial charge is 0.246 e. The lowest BCUT2D eigenvalue weighted by Gasteiger charge is -2.33. The highest BCUT2D eigenvalue weighted by Gasteiger charge is 2.29. The molecule has 0 aliphatic carbocycles. The zero-order chi connectivity index (χ0) is 11.0. The van der Waals surface area contributed by atoms with Crippen LogP contribution in [0.15, 0.2) is 6.20 Å². The molecule has 1 aliphatic heterocycles. The Morgan fingerprint density at radius 3 is 3.07 bits per heavy atom. The van der Waals surface area contributed by atoms with Crippen LogP contribution in [0.4, 0.5) is 11.5 Å². The van der Waals surface area contributed by atoms with Crippen LogP contribution in [-0.2, 0) is 4.79 Å². The summed E-state index contributed by atoms with van der Waals surface area (Å²) in [4.78, 5) is 21.4. The fourth-order valence-electron chi connectivity index (χ4n) is 1.64. The lowest BCUT2D eigenvalue weighted by atomic mass is 10.2. The number of nitrogens with one attached hydrogen (secondary N) is 1. The Labute approximate surface area is 92.5 Å². The van der Waals surface area contributed by atoms with Gasteiger partial charge in [-0.1, -0.05) is 0 Å². The molecule has 0 spiro atoms. The van der Waals surface area contributed by atoms with Crippen molar-refractivity contribution in [3.63, 3.8) is 0 Å². The second-order valence-corrected chi connectivity index (χ2v) is 3.67. The van der Waals surface area contributed by atoms with Crippen LogP contribution in [0.2, 0.25) is 5.28 Å². The van der Waals surface area contributed by atoms with Crippen molar-refractivity contribution in [3.8, 4) is 0 Å². The maximum atomic E-state index is 11.6. The predicted octanol–water partition coefficient (Wildman–Crippen LogP) is 1.30. The molecule has 0 unspecified atom stereocenters. The van der Waals surface area contributed by atoms with Crippen molar-refractivity contribution in [2.45, 2.75) is 19.9 Å². The topological polar surface area (TPSA) is 58.1 Å². The van der Waals surface area contributed by atoms with Crippen molar-refractivity contribution in [2.24, 2.45) is 0 Å². The Kier molecular flexibility index (Phi) is 2.48. The number of likely N-dealkylation sites (N-methyl/N-ethyl adjacent to an activating group) is 1. The van der Waals surface area contributed by atoms with E-state index in [2.05, 4.69) is 15.3 Å². The van der Waals surface area contributed by atoms with Crippen molar-refractivity contribution in [3.05, 3.63) is 11.5 Å². The molecule has 0 fully saturated rings. The van der Waals surface area contributed by atoms with Crippen molar-refractivity contribution in [1.29, 1.82) is 0 Å². The predicted molar refractivity (Wildman–Crippen MR) is 58.2 cm³/mol. The molecule has 0 bridgehead atoms. The van der Waals surface area contributed by atoms with Gasteiger partial charge in [0.25, 0.3) is 0 Å². The first-order valence-electron chi connectivity index (χ1n) is 4.73. The molecule has 1 amide bonds. The number of anilines is 2. The molecule has 0 radical (unpaired) electrons. The summed E-state index contributed by atoms with van der Waals surface area (Å²) in [6, 6.07) is -0.228. The fourth-order valence-corrected chi connectivity index (χ4v) is 1.77. The average molecular weight is 227 g/mol. The lowest BCUT2D eigenvalue weighted by molar-refractivity contribution is -0.117. The van der Waals surface area contributed by atoms with Crippen LogP contribution in [0.1, 0.15) is 13.8 Å². The number of carbonyl (C=O) groups excluding carboxylic acids is 1. The molecule has 2 rings (SSSR count).